The van der Waals surface area contributed by atoms with Crippen LogP contribution in [0.3, 0.4) is 0 Å². The Morgan fingerprint density at radius 3 is 1.58 bits per heavy atom. The number of rotatable bonds is 2. The molecule has 0 atom stereocenters. The Bertz CT molecular complexity index is 172. The van der Waals surface area contributed by atoms with Crippen molar-refractivity contribution in [2.24, 2.45) is 5.73 Å². The van der Waals surface area contributed by atoms with Gasteiger partial charge in [-0.2, -0.15) is 0 Å². The molecule has 0 radical (unpaired) electrons. The maximum atomic E-state index is 9.76. The van der Waals surface area contributed by atoms with E-state index in [1.54, 1.807) is 7.05 Å². The first-order chi connectivity index (χ1) is 5.77. The molecule has 0 aliphatic carbocycles. The van der Waals surface area contributed by atoms with Gasteiger partial charge in [-0.05, 0) is 7.05 Å². The minimum Gasteiger partial charge on any atom is -0.369 e. The van der Waals surface area contributed by atoms with E-state index in [-0.39, 0.29) is 12.5 Å². The van der Waals surface area contributed by atoms with E-state index in [1.165, 1.54) is 0 Å². The average molecular weight is 166 g/mol. The Balaban J connectivity index is 0.000000202. The van der Waals surface area contributed by atoms with Gasteiger partial charge < -0.3 is 11.1 Å². The molecule has 3 N–H and O–H groups in total. The van der Waals surface area contributed by atoms with E-state index >= 15 is 0 Å². The minimum absolute atomic E-state index is 0.264. The quantitative estimate of drug-likeness (QED) is 0.667. The molecule has 0 aromatic heterocycles. The molecule has 0 unspecified atom stereocenters. The molecule has 12 heavy (non-hydrogen) atoms. The van der Waals surface area contributed by atoms with Crippen LogP contribution in [0.15, 0.2) is 36.4 Å². The standard InChI is InChI=1S/C6H6.C3H8N2O/c1-2-4-6-5-3-1;1-5-2-3(4)6/h1-6H;5H,2H2,1H3,(H2,4,6). The molecule has 1 rings (SSSR count). The summed E-state index contributed by atoms with van der Waals surface area (Å²) in [5.74, 6) is -0.322. The van der Waals surface area contributed by atoms with Crippen molar-refractivity contribution in [3.63, 3.8) is 0 Å². The topological polar surface area (TPSA) is 55.1 Å². The molecule has 3 heteroatoms. The fourth-order valence-corrected chi connectivity index (χ4v) is 0.559. The Hall–Kier alpha value is -1.35. The van der Waals surface area contributed by atoms with Crippen molar-refractivity contribution in [2.75, 3.05) is 13.6 Å². The molecule has 0 aliphatic rings. The van der Waals surface area contributed by atoms with Crippen molar-refractivity contribution in [3.8, 4) is 0 Å². The van der Waals surface area contributed by atoms with Crippen molar-refractivity contribution in [3.05, 3.63) is 36.4 Å². The van der Waals surface area contributed by atoms with Crippen molar-refractivity contribution in [1.29, 1.82) is 0 Å². The second-order valence-electron chi connectivity index (χ2n) is 2.15. The van der Waals surface area contributed by atoms with Crippen molar-refractivity contribution < 1.29 is 4.79 Å². The van der Waals surface area contributed by atoms with Crippen LogP contribution < -0.4 is 11.1 Å². The van der Waals surface area contributed by atoms with Gasteiger partial charge in [0.1, 0.15) is 0 Å². The lowest BCUT2D eigenvalue weighted by Crippen LogP contribution is -2.25. The molecule has 0 bridgehead atoms. The highest BCUT2D eigenvalue weighted by molar-refractivity contribution is 5.75. The number of likely N-dealkylation sites (N-methyl/N-ethyl adjacent to an activating group) is 1. The molecule has 1 aromatic carbocycles. The lowest BCUT2D eigenvalue weighted by Gasteiger charge is -1.85. The first-order valence-corrected chi connectivity index (χ1v) is 3.70. The summed E-state index contributed by atoms with van der Waals surface area (Å²) in [7, 11) is 1.67. The van der Waals surface area contributed by atoms with E-state index in [0.717, 1.165) is 0 Å². The predicted octanol–water partition coefficient (Wildman–Crippen LogP) is 0.378. The highest BCUT2D eigenvalue weighted by Crippen LogP contribution is 1.79. The van der Waals surface area contributed by atoms with Crippen molar-refractivity contribution in [1.82, 2.24) is 5.32 Å². The van der Waals surface area contributed by atoms with Gasteiger partial charge in [0.2, 0.25) is 5.91 Å². The number of benzene rings is 1. The summed E-state index contributed by atoms with van der Waals surface area (Å²) in [6, 6.07) is 12.0. The van der Waals surface area contributed by atoms with Gasteiger partial charge in [-0.15, -0.1) is 0 Å². The number of nitrogens with two attached hydrogens (primary N) is 1. The molecule has 0 fully saturated rings. The summed E-state index contributed by atoms with van der Waals surface area (Å²) in [4.78, 5) is 9.76. The largest absolute Gasteiger partial charge is 0.369 e. The van der Waals surface area contributed by atoms with Crippen molar-refractivity contribution >= 4 is 5.91 Å². The van der Waals surface area contributed by atoms with Crippen LogP contribution >= 0.6 is 0 Å². The molecule has 0 heterocycles. The zero-order chi connectivity index (χ0) is 9.23. The summed E-state index contributed by atoms with van der Waals surface area (Å²) in [5, 5.41) is 2.59. The smallest absolute Gasteiger partial charge is 0.231 e. The van der Waals surface area contributed by atoms with Gasteiger partial charge in [-0.3, -0.25) is 4.79 Å². The normalized spacial score (nSPS) is 8.08. The van der Waals surface area contributed by atoms with Crippen LogP contribution in [-0.2, 0) is 4.79 Å². The Morgan fingerprint density at radius 1 is 1.17 bits per heavy atom. The van der Waals surface area contributed by atoms with E-state index in [9.17, 15) is 4.79 Å². The predicted molar refractivity (Wildman–Crippen MR) is 49.6 cm³/mol. The highest BCUT2D eigenvalue weighted by atomic mass is 16.1. The SMILES string of the molecule is CNCC(N)=O.c1ccccc1. The lowest BCUT2D eigenvalue weighted by atomic mass is 10.4. The van der Waals surface area contributed by atoms with Gasteiger partial charge in [0.15, 0.2) is 0 Å². The number of hydrogen-bond donors (Lipinski definition) is 2. The van der Waals surface area contributed by atoms with Crippen molar-refractivity contribution in [2.45, 2.75) is 0 Å². The zero-order valence-electron chi connectivity index (χ0n) is 7.16. The molecule has 0 saturated carbocycles. The van der Waals surface area contributed by atoms with E-state index in [4.69, 9.17) is 5.73 Å². The Morgan fingerprint density at radius 2 is 1.50 bits per heavy atom. The van der Waals surface area contributed by atoms with E-state index in [1.807, 2.05) is 36.4 Å². The fourth-order valence-electron chi connectivity index (χ4n) is 0.559. The lowest BCUT2D eigenvalue weighted by molar-refractivity contribution is -0.117. The number of primary amides is 1. The fraction of sp³-hybridized carbons (Fsp3) is 0.222. The summed E-state index contributed by atoms with van der Waals surface area (Å²) in [6.07, 6.45) is 0. The molecule has 0 aliphatic heterocycles. The van der Waals surface area contributed by atoms with Gasteiger partial charge in [0, 0.05) is 0 Å². The third kappa shape index (κ3) is 8.65. The number of carbonyl (C=O) groups excluding carboxylic acids is 1. The zero-order valence-corrected chi connectivity index (χ0v) is 7.16. The number of hydrogen-bond acceptors (Lipinski definition) is 2. The van der Waals surface area contributed by atoms with Crippen LogP contribution in [-0.4, -0.2) is 19.5 Å². The van der Waals surface area contributed by atoms with E-state index in [2.05, 4.69) is 5.32 Å². The molecule has 66 valence electrons. The summed E-state index contributed by atoms with van der Waals surface area (Å²) < 4.78 is 0. The van der Waals surface area contributed by atoms with Gasteiger partial charge in [0.05, 0.1) is 6.54 Å². The van der Waals surface area contributed by atoms with Gasteiger partial charge >= 0.3 is 0 Å². The number of amides is 1. The third-order valence-corrected chi connectivity index (χ3v) is 1.02. The molecule has 3 nitrogen and oxygen atoms in total. The third-order valence-electron chi connectivity index (χ3n) is 1.02. The molecule has 0 saturated heterocycles. The molecular formula is C9H14N2O. The summed E-state index contributed by atoms with van der Waals surface area (Å²) in [5.41, 5.74) is 4.70. The maximum Gasteiger partial charge on any atom is 0.231 e. The van der Waals surface area contributed by atoms with E-state index < -0.39 is 0 Å². The molecule has 1 aromatic rings. The summed E-state index contributed by atoms with van der Waals surface area (Å²) >= 11 is 0. The molecule has 0 spiro atoms. The van der Waals surface area contributed by atoms with Gasteiger partial charge in [-0.1, -0.05) is 36.4 Å². The van der Waals surface area contributed by atoms with Crippen LogP contribution in [0.25, 0.3) is 0 Å². The molecular weight excluding hydrogens is 152 g/mol. The van der Waals surface area contributed by atoms with Gasteiger partial charge in [-0.25, -0.2) is 0 Å². The van der Waals surface area contributed by atoms with Crippen LogP contribution in [0.1, 0.15) is 0 Å². The first kappa shape index (κ1) is 10.7. The van der Waals surface area contributed by atoms with Crippen LogP contribution in [0.5, 0.6) is 0 Å². The van der Waals surface area contributed by atoms with Crippen LogP contribution in [0.2, 0.25) is 0 Å². The summed E-state index contributed by atoms with van der Waals surface area (Å²) in [6.45, 7) is 0.264. The Kier molecular flexibility index (Phi) is 6.88. The number of carbonyl (C=O) groups is 1. The number of nitrogens with one attached hydrogen (secondary N) is 1. The van der Waals surface area contributed by atoms with Crippen LogP contribution in [0.4, 0.5) is 0 Å². The van der Waals surface area contributed by atoms with Crippen LogP contribution in [0, 0.1) is 0 Å². The second-order valence-corrected chi connectivity index (χ2v) is 2.15. The van der Waals surface area contributed by atoms with E-state index in [0.29, 0.717) is 0 Å². The first-order valence-electron chi connectivity index (χ1n) is 3.70. The maximum absolute atomic E-state index is 9.76. The average Bonchev–Trinajstić information content (AvgIpc) is 2.08. The monoisotopic (exact) mass is 166 g/mol. The van der Waals surface area contributed by atoms with Gasteiger partial charge in [0.25, 0.3) is 0 Å². The minimum atomic E-state index is -0.322. The highest BCUT2D eigenvalue weighted by Gasteiger charge is 1.82. The molecule has 1 amide bonds. The second kappa shape index (κ2) is 7.75. The Labute approximate surface area is 72.6 Å².